The third-order valence-corrected chi connectivity index (χ3v) is 4.86. The van der Waals surface area contributed by atoms with Gasteiger partial charge in [0, 0.05) is 36.8 Å². The second kappa shape index (κ2) is 14.7. The quantitative estimate of drug-likeness (QED) is 0.243. The number of carbonyl (C=O) groups excluding carboxylic acids is 3. The van der Waals surface area contributed by atoms with Crippen LogP contribution in [0.2, 0.25) is 0 Å². The summed E-state index contributed by atoms with van der Waals surface area (Å²) in [6, 6.07) is 16.0. The van der Waals surface area contributed by atoms with Crippen LogP contribution in [0.3, 0.4) is 0 Å². The molecule has 36 heavy (non-hydrogen) atoms. The monoisotopic (exact) mass is 498 g/mol. The normalized spacial score (nSPS) is 11.8. The lowest BCUT2D eigenvalue weighted by Crippen LogP contribution is -2.52. The Bertz CT molecular complexity index is 958. The fraction of sp³-hybridized carbons (Fsp3) is 0.444. The summed E-state index contributed by atoms with van der Waals surface area (Å²) in [5.41, 5.74) is 0.266. The molecule has 2 aromatic carbocycles. The number of ether oxygens (including phenoxy) is 2. The van der Waals surface area contributed by atoms with Gasteiger partial charge in [0.25, 0.3) is 0 Å². The SMILES string of the molecule is CCOC(=O)CCNC[C@@H](CCC(=O)Nc1ccc(Oc2ccccc2)cc1)NC(=O)NC(C)(C)C. The van der Waals surface area contributed by atoms with Gasteiger partial charge in [-0.25, -0.2) is 4.79 Å². The number of benzene rings is 2. The first-order valence-corrected chi connectivity index (χ1v) is 12.2. The molecule has 0 aromatic heterocycles. The van der Waals surface area contributed by atoms with Gasteiger partial charge in [0.15, 0.2) is 0 Å². The smallest absolute Gasteiger partial charge is 0.315 e. The van der Waals surface area contributed by atoms with Crippen molar-refractivity contribution in [2.45, 2.75) is 58.5 Å². The molecular formula is C27H38N4O5. The number of carbonyl (C=O) groups is 3. The molecule has 196 valence electrons. The molecule has 0 aliphatic heterocycles. The molecule has 0 unspecified atom stereocenters. The lowest BCUT2D eigenvalue weighted by molar-refractivity contribution is -0.143. The van der Waals surface area contributed by atoms with Gasteiger partial charge in [-0.1, -0.05) is 18.2 Å². The Balaban J connectivity index is 1.84. The first-order chi connectivity index (χ1) is 17.1. The second-order valence-corrected chi connectivity index (χ2v) is 9.33. The number of amides is 3. The highest BCUT2D eigenvalue weighted by Crippen LogP contribution is 2.22. The molecule has 0 saturated carbocycles. The summed E-state index contributed by atoms with van der Waals surface area (Å²) in [6.45, 7) is 8.61. The lowest BCUT2D eigenvalue weighted by atomic mass is 10.1. The number of hydrogen-bond donors (Lipinski definition) is 4. The molecule has 0 radical (unpaired) electrons. The van der Waals surface area contributed by atoms with Crippen molar-refractivity contribution in [2.24, 2.45) is 0 Å². The molecule has 9 nitrogen and oxygen atoms in total. The van der Waals surface area contributed by atoms with E-state index in [1.165, 1.54) is 0 Å². The van der Waals surface area contributed by atoms with Crippen molar-refractivity contribution in [2.75, 3.05) is 25.0 Å². The number of urea groups is 1. The van der Waals surface area contributed by atoms with Gasteiger partial charge >= 0.3 is 12.0 Å². The van der Waals surface area contributed by atoms with Crippen molar-refractivity contribution < 1.29 is 23.9 Å². The van der Waals surface area contributed by atoms with Crippen LogP contribution in [-0.2, 0) is 14.3 Å². The van der Waals surface area contributed by atoms with Crippen LogP contribution in [0.15, 0.2) is 54.6 Å². The number of anilines is 1. The van der Waals surface area contributed by atoms with Gasteiger partial charge in [0.05, 0.1) is 13.0 Å². The van der Waals surface area contributed by atoms with Gasteiger partial charge in [-0.3, -0.25) is 9.59 Å². The molecule has 3 amide bonds. The molecule has 2 aromatic rings. The Kier molecular flexibility index (Phi) is 11.7. The largest absolute Gasteiger partial charge is 0.466 e. The van der Waals surface area contributed by atoms with Crippen LogP contribution >= 0.6 is 0 Å². The van der Waals surface area contributed by atoms with Crippen LogP contribution in [0.25, 0.3) is 0 Å². The van der Waals surface area contributed by atoms with Crippen LogP contribution in [0, 0.1) is 0 Å². The van der Waals surface area contributed by atoms with E-state index in [2.05, 4.69) is 21.3 Å². The third kappa shape index (κ3) is 12.2. The molecule has 0 heterocycles. The van der Waals surface area contributed by atoms with Gasteiger partial charge in [-0.05, 0) is 70.5 Å². The predicted molar refractivity (Wildman–Crippen MR) is 140 cm³/mol. The van der Waals surface area contributed by atoms with Gasteiger partial charge < -0.3 is 30.7 Å². The maximum Gasteiger partial charge on any atom is 0.315 e. The molecule has 9 heteroatoms. The number of hydrogen-bond acceptors (Lipinski definition) is 6. The fourth-order valence-electron chi connectivity index (χ4n) is 3.25. The van der Waals surface area contributed by atoms with Crippen molar-refractivity contribution >= 4 is 23.6 Å². The van der Waals surface area contributed by atoms with Crippen LogP contribution in [0.5, 0.6) is 11.5 Å². The summed E-state index contributed by atoms with van der Waals surface area (Å²) in [5, 5.41) is 11.8. The molecule has 1 atom stereocenters. The van der Waals surface area contributed by atoms with Crippen molar-refractivity contribution in [1.29, 1.82) is 0 Å². The van der Waals surface area contributed by atoms with E-state index < -0.39 is 0 Å². The highest BCUT2D eigenvalue weighted by Gasteiger charge is 2.18. The zero-order valence-electron chi connectivity index (χ0n) is 21.6. The molecule has 2 rings (SSSR count). The molecule has 0 fully saturated rings. The molecular weight excluding hydrogens is 460 g/mol. The average Bonchev–Trinajstić information content (AvgIpc) is 2.81. The minimum atomic E-state index is -0.389. The third-order valence-electron chi connectivity index (χ3n) is 4.86. The van der Waals surface area contributed by atoms with Gasteiger partial charge in [0.2, 0.25) is 5.91 Å². The van der Waals surface area contributed by atoms with Crippen LogP contribution in [-0.4, -0.2) is 49.2 Å². The Hall–Kier alpha value is -3.59. The highest BCUT2D eigenvalue weighted by molar-refractivity contribution is 5.90. The molecule has 0 saturated heterocycles. The maximum atomic E-state index is 12.5. The van der Waals surface area contributed by atoms with Crippen molar-refractivity contribution in [3.63, 3.8) is 0 Å². The van der Waals surface area contributed by atoms with E-state index >= 15 is 0 Å². The zero-order chi connectivity index (χ0) is 26.4. The summed E-state index contributed by atoms with van der Waals surface area (Å²) in [4.78, 5) is 36.4. The summed E-state index contributed by atoms with van der Waals surface area (Å²) in [5.74, 6) is 0.960. The van der Waals surface area contributed by atoms with E-state index in [0.29, 0.717) is 37.6 Å². The predicted octanol–water partition coefficient (Wildman–Crippen LogP) is 4.21. The fourth-order valence-corrected chi connectivity index (χ4v) is 3.25. The molecule has 4 N–H and O–H groups in total. The van der Waals surface area contributed by atoms with E-state index in [1.54, 1.807) is 31.2 Å². The van der Waals surface area contributed by atoms with Crippen LogP contribution < -0.4 is 26.0 Å². The Morgan fingerprint density at radius 3 is 2.22 bits per heavy atom. The first-order valence-electron chi connectivity index (χ1n) is 12.2. The number of rotatable bonds is 13. The number of nitrogens with one attached hydrogen (secondary N) is 4. The maximum absolute atomic E-state index is 12.5. The van der Waals surface area contributed by atoms with Gasteiger partial charge in [-0.15, -0.1) is 0 Å². The molecule has 0 bridgehead atoms. The first kappa shape index (κ1) is 28.6. The molecule has 0 aliphatic carbocycles. The minimum absolute atomic E-state index is 0.165. The lowest BCUT2D eigenvalue weighted by Gasteiger charge is -2.25. The summed E-state index contributed by atoms with van der Waals surface area (Å²) < 4.78 is 10.7. The van der Waals surface area contributed by atoms with Gasteiger partial charge in [-0.2, -0.15) is 0 Å². The standard InChI is InChI=1S/C27H38N4O5/c1-5-35-25(33)17-18-28-19-21(30-26(34)31-27(2,3)4)13-16-24(32)29-20-11-14-23(15-12-20)36-22-9-7-6-8-10-22/h6-12,14-15,21,28H,5,13,16-19H2,1-4H3,(H,29,32)(H2,30,31,34)/t21-/m1/s1. The Morgan fingerprint density at radius 1 is 0.917 bits per heavy atom. The zero-order valence-corrected chi connectivity index (χ0v) is 21.6. The van der Waals surface area contributed by atoms with E-state index in [-0.39, 0.29) is 42.3 Å². The minimum Gasteiger partial charge on any atom is -0.466 e. The number of esters is 1. The van der Waals surface area contributed by atoms with E-state index in [0.717, 1.165) is 5.75 Å². The van der Waals surface area contributed by atoms with Crippen LogP contribution in [0.4, 0.5) is 10.5 Å². The Morgan fingerprint density at radius 2 is 1.58 bits per heavy atom. The molecule has 0 aliphatic rings. The van der Waals surface area contributed by atoms with Crippen molar-refractivity contribution in [1.82, 2.24) is 16.0 Å². The Labute approximate surface area is 213 Å². The summed E-state index contributed by atoms with van der Waals surface area (Å²) in [7, 11) is 0. The summed E-state index contributed by atoms with van der Waals surface area (Å²) >= 11 is 0. The van der Waals surface area contributed by atoms with Gasteiger partial charge in [0.1, 0.15) is 11.5 Å². The average molecular weight is 499 g/mol. The number of para-hydroxylation sites is 1. The van der Waals surface area contributed by atoms with Crippen molar-refractivity contribution in [3.8, 4) is 11.5 Å². The van der Waals surface area contributed by atoms with Crippen LogP contribution in [0.1, 0.15) is 47.0 Å². The highest BCUT2D eigenvalue weighted by atomic mass is 16.5. The van der Waals surface area contributed by atoms with E-state index in [9.17, 15) is 14.4 Å². The molecule has 0 spiro atoms. The second-order valence-electron chi connectivity index (χ2n) is 9.33. The summed E-state index contributed by atoms with van der Waals surface area (Å²) in [6.07, 6.45) is 0.868. The van der Waals surface area contributed by atoms with E-state index in [4.69, 9.17) is 9.47 Å². The van der Waals surface area contributed by atoms with E-state index in [1.807, 2.05) is 51.1 Å². The topological polar surface area (TPSA) is 118 Å². The van der Waals surface area contributed by atoms with Crippen molar-refractivity contribution in [3.05, 3.63) is 54.6 Å².